The minimum atomic E-state index is -0.0338. The van der Waals surface area contributed by atoms with Crippen LogP contribution in [0, 0.1) is 0 Å². The van der Waals surface area contributed by atoms with Gasteiger partial charge in [-0.25, -0.2) is 9.97 Å². The van der Waals surface area contributed by atoms with Gasteiger partial charge in [0.1, 0.15) is 11.6 Å². The second kappa shape index (κ2) is 8.14. The third kappa shape index (κ3) is 3.61. The first kappa shape index (κ1) is 18.6. The molecule has 6 nitrogen and oxygen atoms in total. The van der Waals surface area contributed by atoms with E-state index in [-0.39, 0.29) is 5.91 Å². The molecule has 1 saturated heterocycles. The number of nitrogens with zero attached hydrogens (tertiary/aromatic N) is 4. The van der Waals surface area contributed by atoms with Crippen molar-refractivity contribution in [2.24, 2.45) is 0 Å². The highest BCUT2D eigenvalue weighted by Gasteiger charge is 2.27. The van der Waals surface area contributed by atoms with Crippen LogP contribution in [0.1, 0.15) is 35.2 Å². The fourth-order valence-corrected chi connectivity index (χ4v) is 4.28. The SMILES string of the molecule is O=C(c1cccnc1Nc1ccc(N2CCCCC2)nc1)N1CCc2ccccc21. The molecule has 30 heavy (non-hydrogen) atoms. The first-order chi connectivity index (χ1) is 14.8. The Hall–Kier alpha value is -3.41. The number of hydrogen-bond acceptors (Lipinski definition) is 5. The van der Waals surface area contributed by atoms with Gasteiger partial charge >= 0.3 is 0 Å². The van der Waals surface area contributed by atoms with E-state index in [0.29, 0.717) is 17.9 Å². The highest BCUT2D eigenvalue weighted by molar-refractivity contribution is 6.10. The number of pyridine rings is 2. The molecular weight excluding hydrogens is 374 g/mol. The van der Waals surface area contributed by atoms with Gasteiger partial charge in [0.05, 0.1) is 17.4 Å². The number of anilines is 4. The van der Waals surface area contributed by atoms with E-state index in [9.17, 15) is 4.79 Å². The lowest BCUT2D eigenvalue weighted by Crippen LogP contribution is -2.30. The number of benzene rings is 1. The number of fused-ring (bicyclic) bond motifs is 1. The number of hydrogen-bond donors (Lipinski definition) is 1. The third-order valence-electron chi connectivity index (χ3n) is 5.86. The van der Waals surface area contributed by atoms with Crippen LogP contribution in [0.4, 0.5) is 23.0 Å². The molecule has 2 aliphatic heterocycles. The van der Waals surface area contributed by atoms with Crippen LogP contribution in [-0.4, -0.2) is 35.5 Å². The van der Waals surface area contributed by atoms with Gasteiger partial charge in [0.15, 0.2) is 0 Å². The molecule has 1 fully saturated rings. The summed E-state index contributed by atoms with van der Waals surface area (Å²) in [7, 11) is 0. The number of carbonyl (C=O) groups excluding carboxylic acids is 1. The van der Waals surface area contributed by atoms with Gasteiger partial charge < -0.3 is 15.1 Å². The maximum absolute atomic E-state index is 13.3. The number of nitrogens with one attached hydrogen (secondary N) is 1. The molecule has 1 aromatic carbocycles. The molecule has 3 aromatic rings. The third-order valence-corrected chi connectivity index (χ3v) is 5.86. The van der Waals surface area contributed by atoms with Crippen LogP contribution in [0.5, 0.6) is 0 Å². The maximum Gasteiger partial charge on any atom is 0.262 e. The van der Waals surface area contributed by atoms with Crippen LogP contribution < -0.4 is 15.1 Å². The monoisotopic (exact) mass is 399 g/mol. The predicted octanol–water partition coefficient (Wildman–Crippen LogP) is 4.41. The minimum Gasteiger partial charge on any atom is -0.357 e. The van der Waals surface area contributed by atoms with Gasteiger partial charge in [-0.2, -0.15) is 0 Å². The molecule has 1 amide bonds. The zero-order valence-electron chi connectivity index (χ0n) is 16.9. The summed E-state index contributed by atoms with van der Waals surface area (Å²) in [6.07, 6.45) is 8.15. The van der Waals surface area contributed by atoms with Crippen LogP contribution in [0.15, 0.2) is 60.9 Å². The molecule has 2 aromatic heterocycles. The van der Waals surface area contributed by atoms with Gasteiger partial charge in [0.25, 0.3) is 5.91 Å². The number of rotatable bonds is 4. The lowest BCUT2D eigenvalue weighted by Gasteiger charge is -2.27. The van der Waals surface area contributed by atoms with Crippen molar-refractivity contribution in [3.8, 4) is 0 Å². The molecule has 6 heteroatoms. The summed E-state index contributed by atoms with van der Waals surface area (Å²) >= 11 is 0. The van der Waals surface area contributed by atoms with Crippen LogP contribution in [0.25, 0.3) is 0 Å². The Kier molecular flexibility index (Phi) is 5.05. The molecule has 0 bridgehead atoms. The molecule has 0 spiro atoms. The fourth-order valence-electron chi connectivity index (χ4n) is 4.28. The summed E-state index contributed by atoms with van der Waals surface area (Å²) in [6, 6.07) is 15.8. The Bertz CT molecular complexity index is 1040. The average molecular weight is 399 g/mol. The maximum atomic E-state index is 13.3. The van der Waals surface area contributed by atoms with E-state index in [1.807, 2.05) is 47.5 Å². The quantitative estimate of drug-likeness (QED) is 0.704. The molecule has 5 rings (SSSR count). The van der Waals surface area contributed by atoms with Crippen molar-refractivity contribution < 1.29 is 4.79 Å². The predicted molar refractivity (Wildman–Crippen MR) is 120 cm³/mol. The van der Waals surface area contributed by atoms with Gasteiger partial charge in [-0.15, -0.1) is 0 Å². The molecule has 0 radical (unpaired) electrons. The zero-order valence-corrected chi connectivity index (χ0v) is 16.9. The van der Waals surface area contributed by atoms with Gasteiger partial charge in [-0.3, -0.25) is 4.79 Å². The van der Waals surface area contributed by atoms with E-state index in [1.54, 1.807) is 12.3 Å². The largest absolute Gasteiger partial charge is 0.357 e. The van der Waals surface area contributed by atoms with Gasteiger partial charge in [0, 0.05) is 31.5 Å². The molecule has 0 aliphatic carbocycles. The summed E-state index contributed by atoms with van der Waals surface area (Å²) < 4.78 is 0. The van der Waals surface area contributed by atoms with Crippen molar-refractivity contribution in [1.82, 2.24) is 9.97 Å². The molecule has 0 atom stereocenters. The second-order valence-corrected chi connectivity index (χ2v) is 7.81. The molecule has 1 N–H and O–H groups in total. The van der Waals surface area contributed by atoms with E-state index in [2.05, 4.69) is 26.3 Å². The van der Waals surface area contributed by atoms with Crippen molar-refractivity contribution in [1.29, 1.82) is 0 Å². The zero-order chi connectivity index (χ0) is 20.3. The van der Waals surface area contributed by atoms with E-state index in [4.69, 9.17) is 0 Å². The van der Waals surface area contributed by atoms with Crippen LogP contribution in [0.3, 0.4) is 0 Å². The molecular formula is C24H25N5O. The Morgan fingerprint density at radius 3 is 2.60 bits per heavy atom. The molecule has 0 saturated carbocycles. The van der Waals surface area contributed by atoms with E-state index in [0.717, 1.165) is 36.7 Å². The van der Waals surface area contributed by atoms with Crippen molar-refractivity contribution in [2.75, 3.05) is 34.8 Å². The first-order valence-corrected chi connectivity index (χ1v) is 10.6. The normalized spacial score (nSPS) is 15.7. The van der Waals surface area contributed by atoms with Gasteiger partial charge in [0.2, 0.25) is 0 Å². The standard InChI is InChI=1S/C24H25N5O/c30-24(29-16-12-18-7-2-3-9-21(18)29)20-8-6-13-25-23(20)27-19-10-11-22(26-17-19)28-14-4-1-5-15-28/h2-3,6-11,13,17H,1,4-5,12,14-16H2,(H,25,27). The average Bonchev–Trinajstić information content (AvgIpc) is 3.24. The number of piperidine rings is 1. The number of para-hydroxylation sites is 1. The number of carbonyl (C=O) groups is 1. The first-order valence-electron chi connectivity index (χ1n) is 10.6. The lowest BCUT2D eigenvalue weighted by molar-refractivity contribution is 0.0990. The van der Waals surface area contributed by atoms with Gasteiger partial charge in [-0.1, -0.05) is 18.2 Å². The molecule has 2 aliphatic rings. The Morgan fingerprint density at radius 1 is 0.900 bits per heavy atom. The van der Waals surface area contributed by atoms with Crippen molar-refractivity contribution in [2.45, 2.75) is 25.7 Å². The summed E-state index contributed by atoms with van der Waals surface area (Å²) in [5.74, 6) is 1.53. The van der Waals surface area contributed by atoms with Crippen LogP contribution in [0.2, 0.25) is 0 Å². The Labute approximate surface area is 176 Å². The topological polar surface area (TPSA) is 61.4 Å². The van der Waals surface area contributed by atoms with Gasteiger partial charge in [-0.05, 0) is 61.6 Å². The molecule has 0 unspecified atom stereocenters. The van der Waals surface area contributed by atoms with E-state index < -0.39 is 0 Å². The summed E-state index contributed by atoms with van der Waals surface area (Å²) in [4.78, 5) is 26.5. The highest BCUT2D eigenvalue weighted by Crippen LogP contribution is 2.30. The van der Waals surface area contributed by atoms with E-state index >= 15 is 0 Å². The lowest BCUT2D eigenvalue weighted by atomic mass is 10.1. The second-order valence-electron chi connectivity index (χ2n) is 7.81. The Morgan fingerprint density at radius 2 is 1.77 bits per heavy atom. The van der Waals surface area contributed by atoms with Crippen molar-refractivity contribution in [3.63, 3.8) is 0 Å². The van der Waals surface area contributed by atoms with Crippen molar-refractivity contribution in [3.05, 3.63) is 72.1 Å². The fraction of sp³-hybridized carbons (Fsp3) is 0.292. The van der Waals surface area contributed by atoms with E-state index in [1.165, 1.54) is 24.8 Å². The number of aromatic nitrogens is 2. The summed E-state index contributed by atoms with van der Waals surface area (Å²) in [5.41, 5.74) is 3.59. The highest BCUT2D eigenvalue weighted by atomic mass is 16.2. The number of amides is 1. The summed E-state index contributed by atoms with van der Waals surface area (Å²) in [5, 5.41) is 3.29. The minimum absolute atomic E-state index is 0.0338. The summed E-state index contributed by atoms with van der Waals surface area (Å²) in [6.45, 7) is 2.82. The Balaban J connectivity index is 1.36. The molecule has 152 valence electrons. The van der Waals surface area contributed by atoms with Crippen LogP contribution >= 0.6 is 0 Å². The van der Waals surface area contributed by atoms with Crippen molar-refractivity contribution >= 4 is 28.9 Å². The molecule has 4 heterocycles. The van der Waals surface area contributed by atoms with Crippen LogP contribution in [-0.2, 0) is 6.42 Å². The smallest absolute Gasteiger partial charge is 0.262 e.